The van der Waals surface area contributed by atoms with Crippen molar-refractivity contribution >= 4 is 28.7 Å². The summed E-state index contributed by atoms with van der Waals surface area (Å²) in [7, 11) is 0. The molecule has 2 aromatic carbocycles. The summed E-state index contributed by atoms with van der Waals surface area (Å²) in [6.07, 6.45) is 0. The molecule has 7 nitrogen and oxygen atoms in total. The average Bonchev–Trinajstić information content (AvgIpc) is 3.07. The minimum Gasteiger partial charge on any atom is -0.508 e. The Labute approximate surface area is 184 Å². The quantitative estimate of drug-likeness (QED) is 0.402. The molecule has 4 aromatic rings. The van der Waals surface area contributed by atoms with Crippen LogP contribution in [0.25, 0.3) is 22.4 Å². The largest absolute Gasteiger partial charge is 0.508 e. The molecule has 0 bridgehead atoms. The van der Waals surface area contributed by atoms with Gasteiger partial charge in [0, 0.05) is 12.5 Å². The molecule has 0 atom stereocenters. The van der Waals surface area contributed by atoms with Crippen molar-refractivity contribution in [2.45, 2.75) is 26.3 Å². The SMILES string of the molecule is CC(=O)NC(C)(C)c1ccc(Oc2nc3nc(-c4cccc(O)c4)c(Cl)cc3[nH]2)cc1. The van der Waals surface area contributed by atoms with Crippen LogP contribution in [0, 0.1) is 0 Å². The zero-order chi connectivity index (χ0) is 22.2. The Kier molecular flexibility index (Phi) is 5.29. The van der Waals surface area contributed by atoms with Gasteiger partial charge in [0.25, 0.3) is 0 Å². The zero-order valence-corrected chi connectivity index (χ0v) is 18.0. The van der Waals surface area contributed by atoms with Crippen LogP contribution in [-0.4, -0.2) is 26.0 Å². The van der Waals surface area contributed by atoms with E-state index in [-0.39, 0.29) is 17.7 Å². The number of phenolic OH excluding ortho intramolecular Hbond substituents is 1. The number of carbonyl (C=O) groups is 1. The van der Waals surface area contributed by atoms with Gasteiger partial charge in [0.2, 0.25) is 5.91 Å². The van der Waals surface area contributed by atoms with Crippen LogP contribution in [0.4, 0.5) is 0 Å². The molecular formula is C23H21ClN4O3. The third-order valence-corrected chi connectivity index (χ3v) is 5.09. The number of phenols is 1. The van der Waals surface area contributed by atoms with Crippen LogP contribution in [0.3, 0.4) is 0 Å². The van der Waals surface area contributed by atoms with Crippen LogP contribution < -0.4 is 10.1 Å². The smallest absolute Gasteiger partial charge is 0.301 e. The number of rotatable bonds is 5. The maximum Gasteiger partial charge on any atom is 0.301 e. The number of amides is 1. The van der Waals surface area contributed by atoms with E-state index in [0.29, 0.717) is 33.2 Å². The number of H-pyrrole nitrogens is 1. The van der Waals surface area contributed by atoms with E-state index in [1.54, 1.807) is 24.3 Å². The first-order chi connectivity index (χ1) is 14.7. The molecule has 2 heterocycles. The summed E-state index contributed by atoms with van der Waals surface area (Å²) in [5, 5.41) is 13.1. The van der Waals surface area contributed by atoms with E-state index < -0.39 is 5.54 Å². The average molecular weight is 437 g/mol. The predicted molar refractivity (Wildman–Crippen MR) is 119 cm³/mol. The van der Waals surface area contributed by atoms with Crippen molar-refractivity contribution in [3.05, 3.63) is 65.2 Å². The number of hydrogen-bond donors (Lipinski definition) is 3. The summed E-state index contributed by atoms with van der Waals surface area (Å²) < 4.78 is 5.84. The van der Waals surface area contributed by atoms with E-state index in [0.717, 1.165) is 5.56 Å². The highest BCUT2D eigenvalue weighted by atomic mass is 35.5. The molecule has 158 valence electrons. The van der Waals surface area contributed by atoms with Crippen molar-refractivity contribution < 1.29 is 14.6 Å². The summed E-state index contributed by atoms with van der Waals surface area (Å²) in [5.74, 6) is 0.622. The molecule has 2 aromatic heterocycles. The standard InChI is InChI=1S/C23H21ClN4O3/c1-13(29)28-23(2,3)15-7-9-17(10-8-15)31-22-25-19-12-18(24)20(26-21(19)27-22)14-5-4-6-16(30)11-14/h4-12,30H,1-3H3,(H,28,29)(H,25,26,27). The predicted octanol–water partition coefficient (Wildman–Crippen LogP) is 5.15. The van der Waals surface area contributed by atoms with Gasteiger partial charge in [-0.15, -0.1) is 0 Å². The van der Waals surface area contributed by atoms with Crippen LogP contribution in [0.1, 0.15) is 26.3 Å². The summed E-state index contributed by atoms with van der Waals surface area (Å²) in [6, 6.07) is 16.1. The van der Waals surface area contributed by atoms with Gasteiger partial charge in [-0.1, -0.05) is 35.9 Å². The van der Waals surface area contributed by atoms with Crippen LogP contribution in [-0.2, 0) is 10.3 Å². The maximum absolute atomic E-state index is 11.4. The van der Waals surface area contributed by atoms with Crippen molar-refractivity contribution in [3.63, 3.8) is 0 Å². The molecule has 0 spiro atoms. The topological polar surface area (TPSA) is 100 Å². The first-order valence-electron chi connectivity index (χ1n) is 9.64. The number of nitrogens with zero attached hydrogens (tertiary/aromatic N) is 2. The third-order valence-electron chi connectivity index (χ3n) is 4.80. The van der Waals surface area contributed by atoms with Crippen LogP contribution >= 0.6 is 11.6 Å². The lowest BCUT2D eigenvalue weighted by molar-refractivity contribution is -0.120. The van der Waals surface area contributed by atoms with Crippen LogP contribution in [0.2, 0.25) is 5.02 Å². The molecule has 31 heavy (non-hydrogen) atoms. The summed E-state index contributed by atoms with van der Waals surface area (Å²) >= 11 is 6.39. The number of aromatic amines is 1. The van der Waals surface area contributed by atoms with Crippen LogP contribution in [0.5, 0.6) is 17.5 Å². The van der Waals surface area contributed by atoms with E-state index in [2.05, 4.69) is 20.3 Å². The fourth-order valence-corrected chi connectivity index (χ4v) is 3.62. The number of fused-ring (bicyclic) bond motifs is 1. The number of aromatic nitrogens is 3. The number of ether oxygens (including phenoxy) is 1. The number of benzene rings is 2. The molecule has 0 fully saturated rings. The Morgan fingerprint density at radius 3 is 2.55 bits per heavy atom. The second-order valence-electron chi connectivity index (χ2n) is 7.71. The zero-order valence-electron chi connectivity index (χ0n) is 17.2. The highest BCUT2D eigenvalue weighted by Crippen LogP contribution is 2.32. The Balaban J connectivity index is 1.59. The van der Waals surface area contributed by atoms with E-state index in [9.17, 15) is 9.90 Å². The third kappa shape index (κ3) is 4.46. The second kappa shape index (κ2) is 7.92. The monoisotopic (exact) mass is 436 g/mol. The second-order valence-corrected chi connectivity index (χ2v) is 8.12. The first kappa shape index (κ1) is 20.7. The summed E-state index contributed by atoms with van der Waals surface area (Å²) in [6.45, 7) is 5.36. The normalized spacial score (nSPS) is 11.5. The lowest BCUT2D eigenvalue weighted by atomic mass is 9.94. The molecule has 0 aliphatic rings. The van der Waals surface area contributed by atoms with Gasteiger partial charge in [-0.2, -0.15) is 4.98 Å². The number of pyridine rings is 1. The first-order valence-corrected chi connectivity index (χ1v) is 10.0. The highest BCUT2D eigenvalue weighted by molar-refractivity contribution is 6.33. The minimum absolute atomic E-state index is 0.0937. The van der Waals surface area contributed by atoms with Crippen molar-refractivity contribution in [2.24, 2.45) is 0 Å². The molecule has 0 unspecified atom stereocenters. The van der Waals surface area contributed by atoms with Gasteiger partial charge >= 0.3 is 6.01 Å². The van der Waals surface area contributed by atoms with Crippen molar-refractivity contribution in [1.82, 2.24) is 20.3 Å². The van der Waals surface area contributed by atoms with E-state index in [1.807, 2.05) is 44.2 Å². The fraction of sp³-hybridized carbons (Fsp3) is 0.174. The molecule has 4 rings (SSSR count). The van der Waals surface area contributed by atoms with Gasteiger partial charge in [0.05, 0.1) is 21.8 Å². The number of aromatic hydroxyl groups is 1. The molecule has 0 saturated heterocycles. The maximum atomic E-state index is 11.4. The van der Waals surface area contributed by atoms with Gasteiger partial charge in [0.15, 0.2) is 5.65 Å². The Bertz CT molecular complexity index is 1270. The van der Waals surface area contributed by atoms with Gasteiger partial charge in [-0.3, -0.25) is 4.79 Å². The Hall–Kier alpha value is -3.58. The number of hydrogen-bond acceptors (Lipinski definition) is 5. The van der Waals surface area contributed by atoms with Crippen LogP contribution in [0.15, 0.2) is 54.6 Å². The number of nitrogens with one attached hydrogen (secondary N) is 2. The molecular weight excluding hydrogens is 416 g/mol. The lowest BCUT2D eigenvalue weighted by Gasteiger charge is -2.26. The van der Waals surface area contributed by atoms with Gasteiger partial charge in [-0.05, 0) is 49.7 Å². The molecule has 0 aliphatic heterocycles. The fourth-order valence-electron chi connectivity index (χ4n) is 3.36. The lowest BCUT2D eigenvalue weighted by Crippen LogP contribution is -2.39. The minimum atomic E-state index is -0.493. The summed E-state index contributed by atoms with van der Waals surface area (Å²) in [5.41, 5.74) is 2.74. The van der Waals surface area contributed by atoms with Crippen molar-refractivity contribution in [2.75, 3.05) is 0 Å². The Morgan fingerprint density at radius 1 is 1.13 bits per heavy atom. The van der Waals surface area contributed by atoms with E-state index >= 15 is 0 Å². The van der Waals surface area contributed by atoms with Crippen molar-refractivity contribution in [3.8, 4) is 28.8 Å². The summed E-state index contributed by atoms with van der Waals surface area (Å²) in [4.78, 5) is 23.4. The van der Waals surface area contributed by atoms with Gasteiger partial charge in [-0.25, -0.2) is 4.98 Å². The van der Waals surface area contributed by atoms with E-state index in [1.165, 1.54) is 6.92 Å². The Morgan fingerprint density at radius 2 is 1.87 bits per heavy atom. The highest BCUT2D eigenvalue weighted by Gasteiger charge is 2.21. The number of imidazole rings is 1. The molecule has 8 heteroatoms. The molecule has 1 amide bonds. The number of halogens is 1. The van der Waals surface area contributed by atoms with Gasteiger partial charge < -0.3 is 20.1 Å². The molecule has 0 aliphatic carbocycles. The molecule has 0 saturated carbocycles. The van der Waals surface area contributed by atoms with Gasteiger partial charge in [0.1, 0.15) is 11.5 Å². The van der Waals surface area contributed by atoms with Crippen molar-refractivity contribution in [1.29, 1.82) is 0 Å². The molecule has 0 radical (unpaired) electrons. The van der Waals surface area contributed by atoms with E-state index in [4.69, 9.17) is 16.3 Å². The molecule has 3 N–H and O–H groups in total. The number of carbonyl (C=O) groups excluding carboxylic acids is 1.